The van der Waals surface area contributed by atoms with E-state index in [-0.39, 0.29) is 5.82 Å². The van der Waals surface area contributed by atoms with E-state index in [1.807, 2.05) is 6.07 Å². The number of aryl methyl sites for hydroxylation is 1. The molecule has 0 aliphatic rings. The molecule has 26 heavy (non-hydrogen) atoms. The Kier molecular flexibility index (Phi) is 4.62. The first-order valence-corrected chi connectivity index (χ1v) is 9.15. The van der Waals surface area contributed by atoms with Gasteiger partial charge in [-0.05, 0) is 24.1 Å². The number of thioether (sulfide) groups is 1. The van der Waals surface area contributed by atoms with Crippen LogP contribution >= 0.6 is 11.8 Å². The second-order valence-corrected chi connectivity index (χ2v) is 6.93. The summed E-state index contributed by atoms with van der Waals surface area (Å²) in [5.74, 6) is 0.261. The van der Waals surface area contributed by atoms with Gasteiger partial charge in [-0.1, -0.05) is 65.0 Å². The van der Waals surface area contributed by atoms with E-state index < -0.39 is 0 Å². The average Bonchev–Trinajstić information content (AvgIpc) is 3.06. The first-order valence-electron chi connectivity index (χ1n) is 8.16. The fourth-order valence-corrected chi connectivity index (χ4v) is 3.53. The summed E-state index contributed by atoms with van der Waals surface area (Å²) in [6.07, 6.45) is 1.50. The van der Waals surface area contributed by atoms with Crippen molar-refractivity contribution >= 4 is 22.9 Å². The van der Waals surface area contributed by atoms with Gasteiger partial charge in [0.1, 0.15) is 17.2 Å². The molecule has 0 fully saturated rings. The Bertz CT molecular complexity index is 1050. The van der Waals surface area contributed by atoms with Gasteiger partial charge in [-0.2, -0.15) is 0 Å². The fourth-order valence-electron chi connectivity index (χ4n) is 2.61. The molecule has 0 N–H and O–H groups in total. The number of hydrogen-bond acceptors (Lipinski definition) is 5. The van der Waals surface area contributed by atoms with Crippen LogP contribution in [0.1, 0.15) is 16.7 Å². The average molecular weight is 365 g/mol. The Morgan fingerprint density at radius 1 is 1.04 bits per heavy atom. The molecule has 0 saturated heterocycles. The molecule has 0 saturated carbocycles. The van der Waals surface area contributed by atoms with Gasteiger partial charge in [0.2, 0.25) is 0 Å². The third-order valence-electron chi connectivity index (χ3n) is 4.04. The molecule has 5 nitrogen and oxygen atoms in total. The van der Waals surface area contributed by atoms with Crippen LogP contribution in [0.2, 0.25) is 0 Å². The lowest BCUT2D eigenvalue weighted by Gasteiger charge is -2.04. The van der Waals surface area contributed by atoms with Crippen molar-refractivity contribution in [2.45, 2.75) is 24.2 Å². The van der Waals surface area contributed by atoms with Crippen molar-refractivity contribution in [2.75, 3.05) is 0 Å². The number of nitrogens with zero attached hydrogens (tertiary/aromatic N) is 5. The highest BCUT2D eigenvalue weighted by atomic mass is 32.2. The Hall–Kier alpha value is -2.80. The Morgan fingerprint density at radius 2 is 1.85 bits per heavy atom. The highest BCUT2D eigenvalue weighted by Gasteiger charge is 2.13. The van der Waals surface area contributed by atoms with Gasteiger partial charge in [0, 0.05) is 5.75 Å². The van der Waals surface area contributed by atoms with Gasteiger partial charge in [0.15, 0.2) is 11.2 Å². The first-order chi connectivity index (χ1) is 12.7. The minimum Gasteiger partial charge on any atom is -0.227 e. The summed E-state index contributed by atoms with van der Waals surface area (Å²) in [5.41, 5.74) is 4.29. The molecule has 2 aromatic heterocycles. The number of aromatic nitrogens is 5. The van der Waals surface area contributed by atoms with E-state index in [0.717, 1.165) is 5.56 Å². The van der Waals surface area contributed by atoms with Crippen LogP contribution in [0.4, 0.5) is 4.39 Å². The molecule has 7 heteroatoms. The highest BCUT2D eigenvalue weighted by molar-refractivity contribution is 7.98. The molecule has 2 aromatic carbocycles. The minimum absolute atomic E-state index is 0.215. The normalized spacial score (nSPS) is 11.2. The Labute approximate surface area is 154 Å². The number of halogens is 1. The van der Waals surface area contributed by atoms with E-state index in [9.17, 15) is 4.39 Å². The lowest BCUT2D eigenvalue weighted by molar-refractivity contribution is 0.617. The number of fused-ring (bicyclic) bond motifs is 1. The van der Waals surface area contributed by atoms with Crippen molar-refractivity contribution in [3.05, 3.63) is 77.4 Å². The molecule has 2 heterocycles. The molecule has 130 valence electrons. The topological polar surface area (TPSA) is 56.5 Å². The lowest BCUT2D eigenvalue weighted by Crippen LogP contribution is -2.03. The van der Waals surface area contributed by atoms with Crippen molar-refractivity contribution in [1.29, 1.82) is 0 Å². The van der Waals surface area contributed by atoms with E-state index in [2.05, 4.69) is 51.5 Å². The van der Waals surface area contributed by atoms with Crippen molar-refractivity contribution in [2.24, 2.45) is 0 Å². The number of rotatable bonds is 5. The van der Waals surface area contributed by atoms with Crippen molar-refractivity contribution in [1.82, 2.24) is 25.0 Å². The SMILES string of the molecule is Cc1ccc(Cn2nnc3c(SCc4ccccc4F)ncnc32)cc1. The lowest BCUT2D eigenvalue weighted by atomic mass is 10.1. The summed E-state index contributed by atoms with van der Waals surface area (Å²) in [5, 5.41) is 9.17. The van der Waals surface area contributed by atoms with Crippen LogP contribution in [-0.2, 0) is 12.3 Å². The molecule has 0 spiro atoms. The minimum atomic E-state index is -0.215. The third-order valence-corrected chi connectivity index (χ3v) is 5.07. The first kappa shape index (κ1) is 16.7. The molecule has 0 aliphatic carbocycles. The summed E-state index contributed by atoms with van der Waals surface area (Å²) >= 11 is 1.43. The zero-order chi connectivity index (χ0) is 17.9. The van der Waals surface area contributed by atoms with Gasteiger partial charge in [-0.25, -0.2) is 19.0 Å². The Balaban J connectivity index is 1.58. The van der Waals surface area contributed by atoms with Crippen molar-refractivity contribution < 1.29 is 4.39 Å². The van der Waals surface area contributed by atoms with Crippen LogP contribution in [-0.4, -0.2) is 25.0 Å². The van der Waals surface area contributed by atoms with E-state index in [4.69, 9.17) is 0 Å². The summed E-state index contributed by atoms with van der Waals surface area (Å²) in [6.45, 7) is 2.64. The predicted octanol–water partition coefficient (Wildman–Crippen LogP) is 4.01. The van der Waals surface area contributed by atoms with E-state index in [0.29, 0.717) is 34.1 Å². The molecule has 0 amide bonds. The standard InChI is InChI=1S/C19H16FN5S/c1-13-6-8-14(9-7-13)10-25-18-17(23-24-25)19(22-12-21-18)26-11-15-4-2-3-5-16(15)20/h2-9,12H,10-11H2,1H3. The molecule has 0 atom stereocenters. The summed E-state index contributed by atoms with van der Waals surface area (Å²) in [6, 6.07) is 15.0. The summed E-state index contributed by atoms with van der Waals surface area (Å²) < 4.78 is 15.6. The number of benzene rings is 2. The molecule has 0 unspecified atom stereocenters. The van der Waals surface area contributed by atoms with Crippen LogP contribution in [0.3, 0.4) is 0 Å². The van der Waals surface area contributed by atoms with Crippen LogP contribution in [0.5, 0.6) is 0 Å². The third kappa shape index (κ3) is 3.43. The van der Waals surface area contributed by atoms with Gasteiger partial charge < -0.3 is 0 Å². The van der Waals surface area contributed by atoms with E-state index in [1.165, 1.54) is 29.7 Å². The zero-order valence-corrected chi connectivity index (χ0v) is 14.9. The van der Waals surface area contributed by atoms with Gasteiger partial charge in [-0.3, -0.25) is 0 Å². The Morgan fingerprint density at radius 3 is 2.65 bits per heavy atom. The summed E-state index contributed by atoms with van der Waals surface area (Å²) in [7, 11) is 0. The maximum Gasteiger partial charge on any atom is 0.183 e. The molecule has 0 bridgehead atoms. The smallest absolute Gasteiger partial charge is 0.183 e. The van der Waals surface area contributed by atoms with Crippen LogP contribution in [0.25, 0.3) is 11.2 Å². The van der Waals surface area contributed by atoms with Gasteiger partial charge >= 0.3 is 0 Å². The summed E-state index contributed by atoms with van der Waals surface area (Å²) in [4.78, 5) is 8.62. The second-order valence-electron chi connectivity index (χ2n) is 5.96. The van der Waals surface area contributed by atoms with E-state index in [1.54, 1.807) is 16.8 Å². The van der Waals surface area contributed by atoms with Crippen LogP contribution in [0, 0.1) is 12.7 Å². The molecular formula is C19H16FN5S. The van der Waals surface area contributed by atoms with Crippen LogP contribution < -0.4 is 0 Å². The largest absolute Gasteiger partial charge is 0.227 e. The van der Waals surface area contributed by atoms with Crippen molar-refractivity contribution in [3.63, 3.8) is 0 Å². The molecule has 4 rings (SSSR count). The maximum absolute atomic E-state index is 13.8. The van der Waals surface area contributed by atoms with Gasteiger partial charge in [-0.15, -0.1) is 5.10 Å². The molecule has 0 aliphatic heterocycles. The van der Waals surface area contributed by atoms with E-state index >= 15 is 0 Å². The maximum atomic E-state index is 13.8. The van der Waals surface area contributed by atoms with Gasteiger partial charge in [0.25, 0.3) is 0 Å². The fraction of sp³-hybridized carbons (Fsp3) is 0.158. The quantitative estimate of drug-likeness (QED) is 0.395. The highest BCUT2D eigenvalue weighted by Crippen LogP contribution is 2.27. The zero-order valence-electron chi connectivity index (χ0n) is 14.1. The monoisotopic (exact) mass is 365 g/mol. The number of hydrogen-bond donors (Lipinski definition) is 0. The molecule has 0 radical (unpaired) electrons. The van der Waals surface area contributed by atoms with Gasteiger partial charge in [0.05, 0.1) is 6.54 Å². The second kappa shape index (κ2) is 7.21. The van der Waals surface area contributed by atoms with Crippen LogP contribution in [0.15, 0.2) is 59.9 Å². The molecule has 4 aromatic rings. The molecular weight excluding hydrogens is 349 g/mol. The predicted molar refractivity (Wildman–Crippen MR) is 99.4 cm³/mol. The van der Waals surface area contributed by atoms with Crippen molar-refractivity contribution in [3.8, 4) is 0 Å².